The largest absolute Gasteiger partial charge is 0.324 e. The quantitative estimate of drug-likeness (QED) is 0.757. The van der Waals surface area contributed by atoms with E-state index in [4.69, 9.17) is 5.73 Å². The summed E-state index contributed by atoms with van der Waals surface area (Å²) in [5, 5.41) is 0. The standard InChI is InChI=1S/C13H20N/c1-11(2)7-6-10-13(14)12-8-4-3-5-9-12/h3-5,8-11,13H,6-7,14H2,1-2H3. The van der Waals surface area contributed by atoms with Crippen molar-refractivity contribution in [2.24, 2.45) is 11.7 Å². The first kappa shape index (κ1) is 11.3. The van der Waals surface area contributed by atoms with Crippen LogP contribution in [0.4, 0.5) is 0 Å². The van der Waals surface area contributed by atoms with Crippen LogP contribution in [-0.4, -0.2) is 0 Å². The molecule has 1 heteroatoms. The predicted molar refractivity (Wildman–Crippen MR) is 61.7 cm³/mol. The zero-order valence-electron chi connectivity index (χ0n) is 9.11. The van der Waals surface area contributed by atoms with Crippen molar-refractivity contribution in [3.63, 3.8) is 0 Å². The highest BCUT2D eigenvalue weighted by Gasteiger charge is 2.05. The van der Waals surface area contributed by atoms with Gasteiger partial charge in [0.15, 0.2) is 0 Å². The molecule has 0 aliphatic heterocycles. The summed E-state index contributed by atoms with van der Waals surface area (Å²) in [5.74, 6) is 0.759. The van der Waals surface area contributed by atoms with Crippen LogP contribution < -0.4 is 5.73 Å². The van der Waals surface area contributed by atoms with Gasteiger partial charge >= 0.3 is 0 Å². The van der Waals surface area contributed by atoms with Crippen LogP contribution in [0.5, 0.6) is 0 Å². The van der Waals surface area contributed by atoms with E-state index in [2.05, 4.69) is 32.4 Å². The van der Waals surface area contributed by atoms with Gasteiger partial charge in [0, 0.05) is 6.04 Å². The van der Waals surface area contributed by atoms with E-state index >= 15 is 0 Å². The average Bonchev–Trinajstić information content (AvgIpc) is 2.18. The smallest absolute Gasteiger partial charge is 0.0326 e. The van der Waals surface area contributed by atoms with E-state index in [0.717, 1.165) is 12.3 Å². The van der Waals surface area contributed by atoms with Gasteiger partial charge in [-0.1, -0.05) is 50.6 Å². The minimum atomic E-state index is 0.0925. The summed E-state index contributed by atoms with van der Waals surface area (Å²) >= 11 is 0. The number of hydrogen-bond acceptors (Lipinski definition) is 1. The molecule has 1 atom stereocenters. The first-order valence-electron chi connectivity index (χ1n) is 5.34. The SMILES string of the molecule is CC(C)CC[CH]C(N)c1ccccc1. The van der Waals surface area contributed by atoms with Crippen molar-refractivity contribution in [2.75, 3.05) is 0 Å². The van der Waals surface area contributed by atoms with E-state index in [1.165, 1.54) is 12.0 Å². The van der Waals surface area contributed by atoms with E-state index in [1.807, 2.05) is 18.2 Å². The Hall–Kier alpha value is -0.820. The maximum absolute atomic E-state index is 6.03. The normalized spacial score (nSPS) is 13.1. The van der Waals surface area contributed by atoms with Gasteiger partial charge in [0.1, 0.15) is 0 Å². The third kappa shape index (κ3) is 3.93. The van der Waals surface area contributed by atoms with E-state index in [9.17, 15) is 0 Å². The first-order chi connectivity index (χ1) is 6.70. The van der Waals surface area contributed by atoms with Crippen LogP contribution >= 0.6 is 0 Å². The van der Waals surface area contributed by atoms with Crippen molar-refractivity contribution in [3.05, 3.63) is 42.3 Å². The van der Waals surface area contributed by atoms with Crippen LogP contribution in [0.1, 0.15) is 38.3 Å². The molecular formula is C13H20N. The molecule has 1 unspecified atom stereocenters. The molecule has 1 radical (unpaired) electrons. The van der Waals surface area contributed by atoms with Crippen molar-refractivity contribution in [1.82, 2.24) is 0 Å². The summed E-state index contributed by atoms with van der Waals surface area (Å²) in [6, 6.07) is 10.3. The fourth-order valence-corrected chi connectivity index (χ4v) is 1.42. The fourth-order valence-electron chi connectivity index (χ4n) is 1.42. The van der Waals surface area contributed by atoms with Gasteiger partial charge in [-0.25, -0.2) is 0 Å². The highest BCUT2D eigenvalue weighted by atomic mass is 14.6. The minimum Gasteiger partial charge on any atom is -0.324 e. The molecule has 0 amide bonds. The lowest BCUT2D eigenvalue weighted by Crippen LogP contribution is -2.10. The molecule has 0 heterocycles. The van der Waals surface area contributed by atoms with Crippen molar-refractivity contribution in [2.45, 2.75) is 32.7 Å². The zero-order valence-corrected chi connectivity index (χ0v) is 9.11. The van der Waals surface area contributed by atoms with Gasteiger partial charge < -0.3 is 5.73 Å². The topological polar surface area (TPSA) is 26.0 Å². The molecule has 2 N–H and O–H groups in total. The Labute approximate surface area is 87.3 Å². The van der Waals surface area contributed by atoms with Gasteiger partial charge in [-0.15, -0.1) is 0 Å². The Morgan fingerprint density at radius 2 is 1.86 bits per heavy atom. The first-order valence-corrected chi connectivity index (χ1v) is 5.34. The summed E-state index contributed by atoms with van der Waals surface area (Å²) in [5.41, 5.74) is 7.23. The monoisotopic (exact) mass is 190 g/mol. The molecular weight excluding hydrogens is 170 g/mol. The molecule has 1 aromatic rings. The summed E-state index contributed by atoms with van der Waals surface area (Å²) in [7, 11) is 0. The average molecular weight is 190 g/mol. The summed E-state index contributed by atoms with van der Waals surface area (Å²) in [6.07, 6.45) is 4.53. The molecule has 1 rings (SSSR count). The molecule has 0 saturated heterocycles. The van der Waals surface area contributed by atoms with Crippen LogP contribution in [0.15, 0.2) is 30.3 Å². The van der Waals surface area contributed by atoms with Crippen LogP contribution in [0.25, 0.3) is 0 Å². The van der Waals surface area contributed by atoms with Crippen LogP contribution in [-0.2, 0) is 0 Å². The Kier molecular flexibility index (Phi) is 4.68. The minimum absolute atomic E-state index is 0.0925. The lowest BCUT2D eigenvalue weighted by molar-refractivity contribution is 0.566. The van der Waals surface area contributed by atoms with Gasteiger partial charge in [0.2, 0.25) is 0 Å². The lowest BCUT2D eigenvalue weighted by atomic mass is 9.99. The molecule has 0 aliphatic carbocycles. The van der Waals surface area contributed by atoms with Gasteiger partial charge in [-0.05, 0) is 24.3 Å². The summed E-state index contributed by atoms with van der Waals surface area (Å²) in [6.45, 7) is 4.48. The molecule has 1 nitrogen and oxygen atoms in total. The Balaban J connectivity index is 2.32. The molecule has 1 aromatic carbocycles. The highest BCUT2D eigenvalue weighted by molar-refractivity contribution is 5.20. The predicted octanol–water partition coefficient (Wildman–Crippen LogP) is 3.33. The molecule has 0 aliphatic rings. The van der Waals surface area contributed by atoms with Gasteiger partial charge in [-0.3, -0.25) is 0 Å². The molecule has 0 saturated carbocycles. The Morgan fingerprint density at radius 3 is 2.43 bits per heavy atom. The van der Waals surface area contributed by atoms with Gasteiger partial charge in [-0.2, -0.15) is 0 Å². The lowest BCUT2D eigenvalue weighted by Gasteiger charge is -2.12. The summed E-state index contributed by atoms with van der Waals surface area (Å²) in [4.78, 5) is 0. The van der Waals surface area contributed by atoms with E-state index in [1.54, 1.807) is 0 Å². The second kappa shape index (κ2) is 5.82. The van der Waals surface area contributed by atoms with Crippen molar-refractivity contribution >= 4 is 0 Å². The second-order valence-corrected chi connectivity index (χ2v) is 4.14. The van der Waals surface area contributed by atoms with Crippen LogP contribution in [0, 0.1) is 12.3 Å². The molecule has 0 aromatic heterocycles. The maximum atomic E-state index is 6.03. The fraction of sp³-hybridized carbons (Fsp3) is 0.462. The molecule has 0 spiro atoms. The second-order valence-electron chi connectivity index (χ2n) is 4.14. The van der Waals surface area contributed by atoms with E-state index < -0.39 is 0 Å². The van der Waals surface area contributed by atoms with Crippen molar-refractivity contribution in [1.29, 1.82) is 0 Å². The Morgan fingerprint density at radius 1 is 1.21 bits per heavy atom. The molecule has 0 fully saturated rings. The van der Waals surface area contributed by atoms with Crippen molar-refractivity contribution < 1.29 is 0 Å². The third-order valence-corrected chi connectivity index (χ3v) is 2.35. The number of rotatable bonds is 5. The van der Waals surface area contributed by atoms with Crippen LogP contribution in [0.3, 0.4) is 0 Å². The number of nitrogens with two attached hydrogens (primary N) is 1. The molecule has 77 valence electrons. The number of benzene rings is 1. The maximum Gasteiger partial charge on any atom is 0.0326 e. The van der Waals surface area contributed by atoms with E-state index in [0.29, 0.717) is 0 Å². The third-order valence-electron chi connectivity index (χ3n) is 2.35. The van der Waals surface area contributed by atoms with Gasteiger partial charge in [0.05, 0.1) is 0 Å². The molecule has 14 heavy (non-hydrogen) atoms. The Bertz CT molecular complexity index is 241. The number of hydrogen-bond donors (Lipinski definition) is 1. The van der Waals surface area contributed by atoms with Gasteiger partial charge in [0.25, 0.3) is 0 Å². The highest BCUT2D eigenvalue weighted by Crippen LogP contribution is 2.16. The van der Waals surface area contributed by atoms with Crippen molar-refractivity contribution in [3.8, 4) is 0 Å². The van der Waals surface area contributed by atoms with E-state index in [-0.39, 0.29) is 6.04 Å². The van der Waals surface area contributed by atoms with Crippen LogP contribution in [0.2, 0.25) is 0 Å². The molecule has 0 bridgehead atoms. The zero-order chi connectivity index (χ0) is 10.4. The summed E-state index contributed by atoms with van der Waals surface area (Å²) < 4.78 is 0.